The van der Waals surface area contributed by atoms with Gasteiger partial charge in [0.15, 0.2) is 0 Å². The van der Waals surface area contributed by atoms with E-state index in [1.54, 1.807) is 0 Å². The number of hydrogen-bond acceptors (Lipinski definition) is 3. The van der Waals surface area contributed by atoms with E-state index < -0.39 is 0 Å². The fraction of sp³-hybridized carbons (Fsp3) is 0.727. The lowest BCUT2D eigenvalue weighted by Crippen LogP contribution is -2.52. The average Bonchev–Trinajstić information content (AvgIpc) is 3.41. The van der Waals surface area contributed by atoms with Crippen molar-refractivity contribution in [2.75, 3.05) is 46.8 Å². The first-order valence-electron chi connectivity index (χ1n) is 10.9. The molecule has 0 bridgehead atoms. The van der Waals surface area contributed by atoms with Gasteiger partial charge in [-0.2, -0.15) is 0 Å². The third-order valence-electron chi connectivity index (χ3n) is 6.83. The van der Waals surface area contributed by atoms with Gasteiger partial charge in [-0.25, -0.2) is 0 Å². The molecule has 28 heavy (non-hydrogen) atoms. The van der Waals surface area contributed by atoms with Crippen LogP contribution in [0.4, 0.5) is 0 Å². The van der Waals surface area contributed by atoms with E-state index in [1.165, 1.54) is 12.8 Å². The Bertz CT molecular complexity index is 714. The number of carbonyl (C=O) groups excluding carboxylic acids is 2. The topological polar surface area (TPSA) is 48.8 Å². The highest BCUT2D eigenvalue weighted by Crippen LogP contribution is 2.41. The lowest BCUT2D eigenvalue weighted by molar-refractivity contribution is -0.139. The summed E-state index contributed by atoms with van der Waals surface area (Å²) < 4.78 is 2.17. The first-order valence-corrected chi connectivity index (χ1v) is 10.9. The Morgan fingerprint density at radius 2 is 1.96 bits per heavy atom. The van der Waals surface area contributed by atoms with Gasteiger partial charge in [-0.15, -0.1) is 0 Å². The molecule has 6 nitrogen and oxygen atoms in total. The molecule has 1 spiro atoms. The van der Waals surface area contributed by atoms with Crippen LogP contribution in [0.15, 0.2) is 18.3 Å². The van der Waals surface area contributed by atoms with E-state index in [0.29, 0.717) is 18.4 Å². The molecule has 0 aromatic carbocycles. The molecule has 2 amide bonds. The Kier molecular flexibility index (Phi) is 5.50. The van der Waals surface area contributed by atoms with Crippen LogP contribution in [0.2, 0.25) is 0 Å². The summed E-state index contributed by atoms with van der Waals surface area (Å²) in [5, 5.41) is 0. The van der Waals surface area contributed by atoms with Crippen molar-refractivity contribution < 1.29 is 9.59 Å². The van der Waals surface area contributed by atoms with E-state index in [-0.39, 0.29) is 11.3 Å². The number of hydrogen-bond donors (Lipinski definition) is 0. The van der Waals surface area contributed by atoms with Crippen LogP contribution in [0.1, 0.15) is 61.5 Å². The fourth-order valence-corrected chi connectivity index (χ4v) is 4.88. The predicted octanol–water partition coefficient (Wildman–Crippen LogP) is 2.62. The number of rotatable bonds is 6. The van der Waals surface area contributed by atoms with Gasteiger partial charge in [0, 0.05) is 44.8 Å². The van der Waals surface area contributed by atoms with E-state index in [2.05, 4.69) is 34.7 Å². The Hall–Kier alpha value is -1.82. The lowest BCUT2D eigenvalue weighted by Gasteiger charge is -2.47. The Labute approximate surface area is 168 Å². The minimum absolute atomic E-state index is 0.182. The number of piperidine rings is 2. The van der Waals surface area contributed by atoms with Crippen molar-refractivity contribution in [3.05, 3.63) is 24.0 Å². The second kappa shape index (κ2) is 7.90. The van der Waals surface area contributed by atoms with Crippen molar-refractivity contribution in [2.24, 2.45) is 5.41 Å². The van der Waals surface area contributed by atoms with Crippen molar-refractivity contribution in [3.8, 4) is 0 Å². The van der Waals surface area contributed by atoms with Crippen molar-refractivity contribution in [1.29, 1.82) is 0 Å². The molecule has 0 radical (unpaired) electrons. The monoisotopic (exact) mass is 386 g/mol. The number of amides is 2. The van der Waals surface area contributed by atoms with Gasteiger partial charge >= 0.3 is 0 Å². The molecule has 0 unspecified atom stereocenters. The minimum atomic E-state index is 0.182. The van der Waals surface area contributed by atoms with Crippen molar-refractivity contribution >= 4 is 11.8 Å². The zero-order valence-electron chi connectivity index (χ0n) is 17.4. The maximum Gasteiger partial charge on any atom is 0.270 e. The van der Waals surface area contributed by atoms with Gasteiger partial charge < -0.3 is 19.3 Å². The highest BCUT2D eigenvalue weighted by Gasteiger charge is 2.42. The second-order valence-electron chi connectivity index (χ2n) is 9.30. The van der Waals surface area contributed by atoms with E-state index in [1.807, 2.05) is 17.0 Å². The fourth-order valence-electron chi connectivity index (χ4n) is 4.88. The van der Waals surface area contributed by atoms with E-state index in [9.17, 15) is 9.59 Å². The SMILES string of the molecule is CN(C)CCCN1CC2(CCC1=O)CCN(C(=O)c1cccn1C1CC1)CC2. The number of aromatic nitrogens is 1. The summed E-state index contributed by atoms with van der Waals surface area (Å²) in [7, 11) is 4.15. The van der Waals surface area contributed by atoms with Gasteiger partial charge in [-0.05, 0) is 76.7 Å². The number of nitrogens with zero attached hydrogens (tertiary/aromatic N) is 4. The van der Waals surface area contributed by atoms with Crippen LogP contribution in [0.3, 0.4) is 0 Å². The smallest absolute Gasteiger partial charge is 0.270 e. The molecule has 1 aliphatic carbocycles. The maximum absolute atomic E-state index is 13.0. The van der Waals surface area contributed by atoms with Crippen molar-refractivity contribution in [2.45, 2.75) is 51.0 Å². The normalized spacial score (nSPS) is 22.3. The first-order chi connectivity index (χ1) is 13.5. The summed E-state index contributed by atoms with van der Waals surface area (Å²) in [5.74, 6) is 0.492. The summed E-state index contributed by atoms with van der Waals surface area (Å²) in [6, 6.07) is 4.50. The Balaban J connectivity index is 1.34. The Morgan fingerprint density at radius 3 is 2.64 bits per heavy atom. The summed E-state index contributed by atoms with van der Waals surface area (Å²) in [5.41, 5.74) is 1.06. The number of likely N-dealkylation sites (tertiary alicyclic amines) is 2. The Morgan fingerprint density at radius 1 is 1.21 bits per heavy atom. The zero-order valence-corrected chi connectivity index (χ0v) is 17.4. The zero-order chi connectivity index (χ0) is 19.7. The standard InChI is InChI=1S/C22H34N4O2/c1-23(2)12-4-13-25-17-22(9-8-20(25)27)10-15-24(16-11-22)21(28)19-5-3-14-26(19)18-6-7-18/h3,5,14,18H,4,6-13,15-17H2,1-2H3. The third-order valence-corrected chi connectivity index (χ3v) is 6.83. The molecule has 1 aromatic heterocycles. The molecule has 3 aliphatic rings. The largest absolute Gasteiger partial charge is 0.342 e. The second-order valence-corrected chi connectivity index (χ2v) is 9.30. The van der Waals surface area contributed by atoms with Crippen LogP contribution in [0.5, 0.6) is 0 Å². The summed E-state index contributed by atoms with van der Waals surface area (Å²) in [4.78, 5) is 31.7. The molecular weight excluding hydrogens is 352 g/mol. The van der Waals surface area contributed by atoms with Gasteiger partial charge in [0.05, 0.1) is 0 Å². The molecule has 6 heteroatoms. The van der Waals surface area contributed by atoms with Crippen LogP contribution in [0, 0.1) is 5.41 Å². The van der Waals surface area contributed by atoms with Gasteiger partial charge in [0.1, 0.15) is 5.69 Å². The highest BCUT2D eigenvalue weighted by molar-refractivity contribution is 5.93. The molecule has 1 saturated carbocycles. The number of carbonyl (C=O) groups is 2. The average molecular weight is 387 g/mol. The molecule has 4 rings (SSSR count). The molecule has 3 fully saturated rings. The summed E-state index contributed by atoms with van der Waals surface area (Å²) in [6.45, 7) is 4.37. The molecule has 3 heterocycles. The van der Waals surface area contributed by atoms with Crippen LogP contribution in [-0.2, 0) is 4.79 Å². The molecule has 0 N–H and O–H groups in total. The van der Waals surface area contributed by atoms with Gasteiger partial charge in [-0.1, -0.05) is 0 Å². The quantitative estimate of drug-likeness (QED) is 0.755. The predicted molar refractivity (Wildman–Crippen MR) is 109 cm³/mol. The molecule has 2 saturated heterocycles. The van der Waals surface area contributed by atoms with Crippen LogP contribution >= 0.6 is 0 Å². The van der Waals surface area contributed by atoms with E-state index >= 15 is 0 Å². The van der Waals surface area contributed by atoms with Gasteiger partial charge in [-0.3, -0.25) is 9.59 Å². The highest BCUT2D eigenvalue weighted by atomic mass is 16.2. The van der Waals surface area contributed by atoms with Gasteiger partial charge in [0.2, 0.25) is 5.91 Å². The van der Waals surface area contributed by atoms with E-state index in [0.717, 1.165) is 64.1 Å². The minimum Gasteiger partial charge on any atom is -0.342 e. The van der Waals surface area contributed by atoms with Crippen molar-refractivity contribution in [3.63, 3.8) is 0 Å². The molecule has 1 aromatic rings. The third kappa shape index (κ3) is 4.12. The van der Waals surface area contributed by atoms with Crippen LogP contribution < -0.4 is 0 Å². The molecule has 0 atom stereocenters. The summed E-state index contributed by atoms with van der Waals surface area (Å²) >= 11 is 0. The van der Waals surface area contributed by atoms with E-state index in [4.69, 9.17) is 0 Å². The lowest BCUT2D eigenvalue weighted by atomic mass is 9.72. The van der Waals surface area contributed by atoms with Crippen LogP contribution in [0.25, 0.3) is 0 Å². The molecule has 154 valence electrons. The first kappa shape index (κ1) is 19.5. The molecular formula is C22H34N4O2. The maximum atomic E-state index is 13.0. The summed E-state index contributed by atoms with van der Waals surface area (Å²) in [6.07, 6.45) is 9.13. The molecule has 2 aliphatic heterocycles. The van der Waals surface area contributed by atoms with Crippen LogP contribution in [-0.4, -0.2) is 77.9 Å². The van der Waals surface area contributed by atoms with Crippen molar-refractivity contribution in [1.82, 2.24) is 19.3 Å². The van der Waals surface area contributed by atoms with Gasteiger partial charge in [0.25, 0.3) is 5.91 Å².